The standard InChI is InChI=1S/C13H15N3/c1-3-4-7-16-10(2)15-12-8-11(9-14)5-6-13(12)16/h5-6,8H,3-4,7H2,1-2H3. The van der Waals surface area contributed by atoms with Crippen molar-refractivity contribution >= 4 is 11.0 Å². The summed E-state index contributed by atoms with van der Waals surface area (Å²) in [5.74, 6) is 1.03. The molecule has 0 fully saturated rings. The van der Waals surface area contributed by atoms with Crippen LogP contribution in [0.1, 0.15) is 31.2 Å². The Labute approximate surface area is 95.3 Å². The predicted octanol–water partition coefficient (Wildman–Crippen LogP) is 3.02. The van der Waals surface area contributed by atoms with Gasteiger partial charge in [0.2, 0.25) is 0 Å². The minimum Gasteiger partial charge on any atom is -0.328 e. The van der Waals surface area contributed by atoms with Crippen LogP contribution in [-0.2, 0) is 6.54 Å². The van der Waals surface area contributed by atoms with E-state index in [2.05, 4.69) is 22.5 Å². The summed E-state index contributed by atoms with van der Waals surface area (Å²) in [5.41, 5.74) is 2.73. The molecule has 16 heavy (non-hydrogen) atoms. The maximum Gasteiger partial charge on any atom is 0.106 e. The van der Waals surface area contributed by atoms with Crippen molar-refractivity contribution in [1.29, 1.82) is 5.26 Å². The normalized spacial score (nSPS) is 10.6. The Bertz CT molecular complexity index is 546. The Morgan fingerprint density at radius 2 is 2.25 bits per heavy atom. The first-order valence-electron chi connectivity index (χ1n) is 5.63. The van der Waals surface area contributed by atoms with Gasteiger partial charge < -0.3 is 4.57 Å². The highest BCUT2D eigenvalue weighted by Crippen LogP contribution is 2.18. The molecule has 0 atom stereocenters. The van der Waals surface area contributed by atoms with Gasteiger partial charge in [-0.15, -0.1) is 0 Å². The molecule has 0 N–H and O–H groups in total. The molecule has 0 aliphatic carbocycles. The molecule has 0 saturated heterocycles. The molecule has 82 valence electrons. The van der Waals surface area contributed by atoms with Gasteiger partial charge in [-0.3, -0.25) is 0 Å². The molecule has 0 aliphatic rings. The van der Waals surface area contributed by atoms with Crippen LogP contribution in [0.25, 0.3) is 11.0 Å². The average molecular weight is 213 g/mol. The highest BCUT2D eigenvalue weighted by atomic mass is 15.1. The van der Waals surface area contributed by atoms with Gasteiger partial charge in [-0.1, -0.05) is 13.3 Å². The van der Waals surface area contributed by atoms with Gasteiger partial charge >= 0.3 is 0 Å². The first kappa shape index (κ1) is 10.7. The second-order valence-electron chi connectivity index (χ2n) is 3.98. The van der Waals surface area contributed by atoms with Gasteiger partial charge in [0.1, 0.15) is 5.82 Å². The molecule has 2 rings (SSSR count). The number of aryl methyl sites for hydroxylation is 2. The molecule has 0 radical (unpaired) electrons. The lowest BCUT2D eigenvalue weighted by atomic mass is 10.2. The Balaban J connectivity index is 2.50. The van der Waals surface area contributed by atoms with Crippen molar-refractivity contribution < 1.29 is 0 Å². The second kappa shape index (κ2) is 4.36. The molecule has 1 aromatic heterocycles. The van der Waals surface area contributed by atoms with E-state index >= 15 is 0 Å². The van der Waals surface area contributed by atoms with Crippen LogP contribution in [0.5, 0.6) is 0 Å². The molecule has 0 amide bonds. The lowest BCUT2D eigenvalue weighted by Crippen LogP contribution is -1.99. The molecule has 3 nitrogen and oxygen atoms in total. The zero-order chi connectivity index (χ0) is 11.5. The minimum absolute atomic E-state index is 0.674. The lowest BCUT2D eigenvalue weighted by molar-refractivity contribution is 0.631. The van der Waals surface area contributed by atoms with Gasteiger partial charge in [0, 0.05) is 6.54 Å². The van der Waals surface area contributed by atoms with Crippen molar-refractivity contribution in [2.45, 2.75) is 33.2 Å². The van der Waals surface area contributed by atoms with Gasteiger partial charge in [-0.25, -0.2) is 4.98 Å². The van der Waals surface area contributed by atoms with Crippen molar-refractivity contribution in [3.8, 4) is 6.07 Å². The van der Waals surface area contributed by atoms with E-state index in [4.69, 9.17) is 5.26 Å². The van der Waals surface area contributed by atoms with Crippen LogP contribution in [0.2, 0.25) is 0 Å². The fraction of sp³-hybridized carbons (Fsp3) is 0.385. The fourth-order valence-corrected chi connectivity index (χ4v) is 1.92. The first-order valence-corrected chi connectivity index (χ1v) is 5.63. The van der Waals surface area contributed by atoms with E-state index in [1.807, 2.05) is 25.1 Å². The molecule has 0 aliphatic heterocycles. The van der Waals surface area contributed by atoms with Crippen LogP contribution in [0, 0.1) is 18.3 Å². The molecule has 0 bridgehead atoms. The van der Waals surface area contributed by atoms with E-state index in [0.717, 1.165) is 29.8 Å². The Morgan fingerprint density at radius 3 is 2.94 bits per heavy atom. The van der Waals surface area contributed by atoms with Crippen molar-refractivity contribution in [3.63, 3.8) is 0 Å². The summed E-state index contributed by atoms with van der Waals surface area (Å²) in [4.78, 5) is 4.49. The number of nitriles is 1. The maximum atomic E-state index is 8.83. The van der Waals surface area contributed by atoms with Crippen LogP contribution in [0.3, 0.4) is 0 Å². The van der Waals surface area contributed by atoms with Crippen LogP contribution >= 0.6 is 0 Å². The van der Waals surface area contributed by atoms with Crippen molar-refractivity contribution in [2.75, 3.05) is 0 Å². The summed E-state index contributed by atoms with van der Waals surface area (Å²) in [5, 5.41) is 8.83. The number of unbranched alkanes of at least 4 members (excludes halogenated alkanes) is 1. The number of benzene rings is 1. The molecule has 2 aromatic rings. The van der Waals surface area contributed by atoms with Crippen molar-refractivity contribution in [3.05, 3.63) is 29.6 Å². The number of rotatable bonds is 3. The van der Waals surface area contributed by atoms with Gasteiger partial charge in [0.05, 0.1) is 22.7 Å². The van der Waals surface area contributed by atoms with Crippen LogP contribution in [0.4, 0.5) is 0 Å². The molecule has 0 saturated carbocycles. The minimum atomic E-state index is 0.674. The summed E-state index contributed by atoms with van der Waals surface area (Å²) in [6, 6.07) is 7.84. The molecular formula is C13H15N3. The number of fused-ring (bicyclic) bond motifs is 1. The number of hydrogen-bond donors (Lipinski definition) is 0. The zero-order valence-corrected chi connectivity index (χ0v) is 9.70. The molecular weight excluding hydrogens is 198 g/mol. The summed E-state index contributed by atoms with van der Waals surface area (Å²) in [6.45, 7) is 5.20. The predicted molar refractivity (Wildman–Crippen MR) is 64.1 cm³/mol. The third kappa shape index (κ3) is 1.79. The van der Waals surface area contributed by atoms with Gasteiger partial charge in [0.15, 0.2) is 0 Å². The molecule has 0 spiro atoms. The monoisotopic (exact) mass is 213 g/mol. The van der Waals surface area contributed by atoms with Crippen molar-refractivity contribution in [2.24, 2.45) is 0 Å². The Kier molecular flexibility index (Phi) is 2.91. The third-order valence-corrected chi connectivity index (χ3v) is 2.80. The van der Waals surface area contributed by atoms with Crippen LogP contribution < -0.4 is 0 Å². The van der Waals surface area contributed by atoms with E-state index in [1.165, 1.54) is 6.42 Å². The quantitative estimate of drug-likeness (QED) is 0.786. The van der Waals surface area contributed by atoms with Crippen LogP contribution in [-0.4, -0.2) is 9.55 Å². The molecule has 1 aromatic carbocycles. The summed E-state index contributed by atoms with van der Waals surface area (Å²) in [6.07, 6.45) is 2.34. The fourth-order valence-electron chi connectivity index (χ4n) is 1.92. The smallest absolute Gasteiger partial charge is 0.106 e. The van der Waals surface area contributed by atoms with Gasteiger partial charge in [0.25, 0.3) is 0 Å². The van der Waals surface area contributed by atoms with E-state index in [-0.39, 0.29) is 0 Å². The van der Waals surface area contributed by atoms with E-state index in [0.29, 0.717) is 5.56 Å². The highest BCUT2D eigenvalue weighted by Gasteiger charge is 2.07. The number of hydrogen-bond acceptors (Lipinski definition) is 2. The van der Waals surface area contributed by atoms with Gasteiger partial charge in [-0.05, 0) is 31.5 Å². The largest absolute Gasteiger partial charge is 0.328 e. The number of imidazole rings is 1. The van der Waals surface area contributed by atoms with Crippen molar-refractivity contribution in [1.82, 2.24) is 9.55 Å². The third-order valence-electron chi connectivity index (χ3n) is 2.80. The molecule has 1 heterocycles. The van der Waals surface area contributed by atoms with Crippen LogP contribution in [0.15, 0.2) is 18.2 Å². The van der Waals surface area contributed by atoms with E-state index in [1.54, 1.807) is 0 Å². The summed E-state index contributed by atoms with van der Waals surface area (Å²) < 4.78 is 2.22. The molecule has 0 unspecified atom stereocenters. The highest BCUT2D eigenvalue weighted by molar-refractivity contribution is 5.77. The number of nitrogens with zero attached hydrogens (tertiary/aromatic N) is 3. The SMILES string of the molecule is CCCCn1c(C)nc2cc(C#N)ccc21. The summed E-state index contributed by atoms with van der Waals surface area (Å²) >= 11 is 0. The maximum absolute atomic E-state index is 8.83. The Morgan fingerprint density at radius 1 is 1.44 bits per heavy atom. The van der Waals surface area contributed by atoms with Gasteiger partial charge in [-0.2, -0.15) is 5.26 Å². The Hall–Kier alpha value is -1.82. The van der Waals surface area contributed by atoms with E-state index < -0.39 is 0 Å². The average Bonchev–Trinajstić information content (AvgIpc) is 2.61. The zero-order valence-electron chi connectivity index (χ0n) is 9.70. The first-order chi connectivity index (χ1) is 7.76. The topological polar surface area (TPSA) is 41.6 Å². The molecule has 3 heteroatoms. The summed E-state index contributed by atoms with van der Waals surface area (Å²) in [7, 11) is 0. The second-order valence-corrected chi connectivity index (χ2v) is 3.98. The lowest BCUT2D eigenvalue weighted by Gasteiger charge is -2.04. The van der Waals surface area contributed by atoms with E-state index in [9.17, 15) is 0 Å². The number of aromatic nitrogens is 2.